The highest BCUT2D eigenvalue weighted by Crippen LogP contribution is 2.19. The van der Waals surface area contributed by atoms with Crippen molar-refractivity contribution in [3.05, 3.63) is 47.0 Å². The molecule has 0 spiro atoms. The third-order valence-corrected chi connectivity index (χ3v) is 2.78. The normalized spacial score (nSPS) is 10.4. The molecule has 0 aliphatic heterocycles. The molecule has 2 aromatic rings. The summed E-state index contributed by atoms with van der Waals surface area (Å²) in [6.45, 7) is 2.75. The van der Waals surface area contributed by atoms with Gasteiger partial charge in [-0.1, -0.05) is 11.6 Å². The van der Waals surface area contributed by atoms with Crippen molar-refractivity contribution in [1.29, 1.82) is 0 Å². The van der Waals surface area contributed by atoms with Gasteiger partial charge in [0.1, 0.15) is 5.82 Å². The molecule has 0 bridgehead atoms. The summed E-state index contributed by atoms with van der Waals surface area (Å²) < 4.78 is 2.00. The minimum Gasteiger partial charge on any atom is -0.378 e. The highest BCUT2D eigenvalue weighted by molar-refractivity contribution is 6.30. The third kappa shape index (κ3) is 2.36. The minimum absolute atomic E-state index is 0.714. The van der Waals surface area contributed by atoms with E-state index in [-0.39, 0.29) is 0 Å². The van der Waals surface area contributed by atoms with Gasteiger partial charge in [-0.2, -0.15) is 0 Å². The molecular weight excluding hydrogens is 222 g/mol. The molecule has 0 fully saturated rings. The molecule has 3 nitrogen and oxygen atoms in total. The molecule has 1 N–H and O–H groups in total. The van der Waals surface area contributed by atoms with Gasteiger partial charge in [-0.3, -0.25) is 0 Å². The van der Waals surface area contributed by atoms with Crippen LogP contribution in [0.4, 0.5) is 5.69 Å². The number of aromatic nitrogens is 2. The van der Waals surface area contributed by atoms with Crippen LogP contribution < -0.4 is 5.32 Å². The van der Waals surface area contributed by atoms with E-state index >= 15 is 0 Å². The maximum absolute atomic E-state index is 5.90. The van der Waals surface area contributed by atoms with Crippen LogP contribution in [0.1, 0.15) is 11.4 Å². The number of hydrogen-bond donors (Lipinski definition) is 1. The number of hydrogen-bond acceptors (Lipinski definition) is 2. The molecule has 2 rings (SSSR count). The van der Waals surface area contributed by atoms with Crippen LogP contribution in [-0.2, 0) is 13.6 Å². The van der Waals surface area contributed by atoms with E-state index in [1.807, 2.05) is 42.9 Å². The first-order valence-corrected chi connectivity index (χ1v) is 5.51. The van der Waals surface area contributed by atoms with Gasteiger partial charge in [0, 0.05) is 30.2 Å². The summed E-state index contributed by atoms with van der Waals surface area (Å²) in [5.74, 6) is 1.01. The summed E-state index contributed by atoms with van der Waals surface area (Å²) in [5, 5.41) is 4.11. The summed E-state index contributed by atoms with van der Waals surface area (Å²) in [7, 11) is 1.98. The van der Waals surface area contributed by atoms with E-state index in [1.165, 1.54) is 0 Å². The first kappa shape index (κ1) is 11.0. The molecule has 1 heterocycles. The Hall–Kier alpha value is -1.48. The second-order valence-corrected chi connectivity index (χ2v) is 4.20. The van der Waals surface area contributed by atoms with Gasteiger partial charge >= 0.3 is 0 Å². The Kier molecular flexibility index (Phi) is 3.15. The van der Waals surface area contributed by atoms with Gasteiger partial charge < -0.3 is 9.88 Å². The average Bonchev–Trinajstić information content (AvgIpc) is 2.63. The Morgan fingerprint density at radius 1 is 1.44 bits per heavy atom. The summed E-state index contributed by atoms with van der Waals surface area (Å²) in [4.78, 5) is 4.25. The lowest BCUT2D eigenvalue weighted by Gasteiger charge is -2.09. The van der Waals surface area contributed by atoms with Crippen LogP contribution in [0.25, 0.3) is 0 Å². The Balaban J connectivity index is 2.08. The van der Waals surface area contributed by atoms with Crippen molar-refractivity contribution in [2.24, 2.45) is 7.05 Å². The lowest BCUT2D eigenvalue weighted by Crippen LogP contribution is -2.06. The first-order valence-electron chi connectivity index (χ1n) is 5.13. The number of anilines is 1. The van der Waals surface area contributed by atoms with Crippen LogP contribution in [0.2, 0.25) is 5.02 Å². The van der Waals surface area contributed by atoms with Crippen LogP contribution in [0.3, 0.4) is 0 Å². The number of benzene rings is 1. The summed E-state index contributed by atoms with van der Waals surface area (Å²) >= 11 is 5.90. The lowest BCUT2D eigenvalue weighted by atomic mass is 10.2. The van der Waals surface area contributed by atoms with Gasteiger partial charge in [0.05, 0.1) is 6.54 Å². The number of aryl methyl sites for hydroxylation is 2. The fourth-order valence-corrected chi connectivity index (χ4v) is 1.79. The highest BCUT2D eigenvalue weighted by Gasteiger charge is 2.01. The van der Waals surface area contributed by atoms with E-state index < -0.39 is 0 Å². The predicted octanol–water partition coefficient (Wildman–Crippen LogP) is 2.99. The van der Waals surface area contributed by atoms with Crippen LogP contribution >= 0.6 is 11.6 Å². The predicted molar refractivity (Wildman–Crippen MR) is 66.7 cm³/mol. The molecule has 84 valence electrons. The summed E-state index contributed by atoms with van der Waals surface area (Å²) in [6, 6.07) is 5.82. The smallest absolute Gasteiger partial charge is 0.127 e. The molecule has 0 atom stereocenters. The van der Waals surface area contributed by atoms with E-state index in [1.54, 1.807) is 6.20 Å². The number of imidazole rings is 1. The van der Waals surface area contributed by atoms with Crippen LogP contribution in [0, 0.1) is 6.92 Å². The van der Waals surface area contributed by atoms with E-state index in [4.69, 9.17) is 11.6 Å². The standard InChI is InChI=1S/C12H14ClN3/c1-9-7-10(13)3-4-11(9)15-8-12-14-5-6-16(12)2/h3-7,15H,8H2,1-2H3. The Bertz CT molecular complexity index is 491. The van der Waals surface area contributed by atoms with Gasteiger partial charge in [-0.25, -0.2) is 4.98 Å². The van der Waals surface area contributed by atoms with E-state index in [0.29, 0.717) is 6.54 Å². The van der Waals surface area contributed by atoms with Crippen molar-refractivity contribution >= 4 is 17.3 Å². The van der Waals surface area contributed by atoms with Gasteiger partial charge in [0.25, 0.3) is 0 Å². The topological polar surface area (TPSA) is 29.9 Å². The first-order chi connectivity index (χ1) is 7.66. The molecular formula is C12H14ClN3. The third-order valence-electron chi connectivity index (χ3n) is 2.55. The van der Waals surface area contributed by atoms with Crippen LogP contribution in [-0.4, -0.2) is 9.55 Å². The van der Waals surface area contributed by atoms with Gasteiger partial charge in [0.2, 0.25) is 0 Å². The largest absolute Gasteiger partial charge is 0.378 e. The molecule has 0 saturated carbocycles. The molecule has 0 radical (unpaired) electrons. The van der Waals surface area contributed by atoms with Crippen molar-refractivity contribution in [2.45, 2.75) is 13.5 Å². The van der Waals surface area contributed by atoms with E-state index in [9.17, 15) is 0 Å². The Morgan fingerprint density at radius 2 is 2.25 bits per heavy atom. The van der Waals surface area contributed by atoms with Gasteiger partial charge in [0.15, 0.2) is 0 Å². The zero-order valence-corrected chi connectivity index (χ0v) is 10.1. The molecule has 1 aromatic carbocycles. The Labute approximate surface area is 100 Å². The number of rotatable bonds is 3. The summed E-state index contributed by atoms with van der Waals surface area (Å²) in [6.07, 6.45) is 3.73. The fourth-order valence-electron chi connectivity index (χ4n) is 1.57. The van der Waals surface area contributed by atoms with Gasteiger partial charge in [-0.05, 0) is 30.7 Å². The lowest BCUT2D eigenvalue weighted by molar-refractivity contribution is 0.812. The summed E-state index contributed by atoms with van der Waals surface area (Å²) in [5.41, 5.74) is 2.23. The molecule has 1 aromatic heterocycles. The SMILES string of the molecule is Cc1cc(Cl)ccc1NCc1nccn1C. The van der Waals surface area contributed by atoms with E-state index in [0.717, 1.165) is 22.1 Å². The molecule has 0 saturated heterocycles. The Morgan fingerprint density at radius 3 is 2.88 bits per heavy atom. The van der Waals surface area contributed by atoms with Crippen molar-refractivity contribution < 1.29 is 0 Å². The molecule has 0 unspecified atom stereocenters. The molecule has 0 aliphatic rings. The molecule has 0 amide bonds. The van der Waals surface area contributed by atoms with Crippen LogP contribution in [0.5, 0.6) is 0 Å². The van der Waals surface area contributed by atoms with Crippen LogP contribution in [0.15, 0.2) is 30.6 Å². The fraction of sp³-hybridized carbons (Fsp3) is 0.250. The second-order valence-electron chi connectivity index (χ2n) is 3.77. The number of nitrogens with one attached hydrogen (secondary N) is 1. The zero-order valence-electron chi connectivity index (χ0n) is 9.37. The second kappa shape index (κ2) is 4.58. The number of halogens is 1. The maximum atomic E-state index is 5.90. The average molecular weight is 236 g/mol. The minimum atomic E-state index is 0.714. The van der Waals surface area contributed by atoms with Crippen molar-refractivity contribution in [3.63, 3.8) is 0 Å². The van der Waals surface area contributed by atoms with E-state index in [2.05, 4.69) is 10.3 Å². The molecule has 4 heteroatoms. The van der Waals surface area contributed by atoms with Crippen molar-refractivity contribution in [2.75, 3.05) is 5.32 Å². The van der Waals surface area contributed by atoms with Crippen molar-refractivity contribution in [1.82, 2.24) is 9.55 Å². The monoisotopic (exact) mass is 235 g/mol. The van der Waals surface area contributed by atoms with Crippen molar-refractivity contribution in [3.8, 4) is 0 Å². The maximum Gasteiger partial charge on any atom is 0.127 e. The molecule has 16 heavy (non-hydrogen) atoms. The quantitative estimate of drug-likeness (QED) is 0.887. The highest BCUT2D eigenvalue weighted by atomic mass is 35.5. The van der Waals surface area contributed by atoms with Gasteiger partial charge in [-0.15, -0.1) is 0 Å². The molecule has 0 aliphatic carbocycles. The zero-order chi connectivity index (χ0) is 11.5. The number of nitrogens with zero attached hydrogens (tertiary/aromatic N) is 2.